The van der Waals surface area contributed by atoms with Crippen molar-refractivity contribution >= 4 is 40.8 Å². The summed E-state index contributed by atoms with van der Waals surface area (Å²) in [5.74, 6) is 0.322. The molecule has 4 nitrogen and oxygen atoms in total. The molecule has 0 fully saturated rings. The quantitative estimate of drug-likeness (QED) is 0.0919. The van der Waals surface area contributed by atoms with E-state index in [1.807, 2.05) is 0 Å². The number of rotatable bonds is 21. The Bertz CT molecular complexity index is 518. The van der Waals surface area contributed by atoms with Crippen LogP contribution in [0.2, 0.25) is 0 Å². The minimum atomic E-state index is -0.812. The summed E-state index contributed by atoms with van der Waals surface area (Å²) in [4.78, 5) is 10.6. The average Bonchev–Trinajstić information content (AvgIpc) is 3.16. The first-order valence-electron chi connectivity index (χ1n) is 11.5. The molecule has 0 bridgehead atoms. The Morgan fingerprint density at radius 3 is 1.57 bits per heavy atom. The van der Waals surface area contributed by atoms with Gasteiger partial charge in [0, 0.05) is 28.1 Å². The van der Waals surface area contributed by atoms with Crippen molar-refractivity contribution in [2.75, 3.05) is 11.5 Å². The molecule has 0 atom stereocenters. The van der Waals surface area contributed by atoms with E-state index in [4.69, 9.17) is 5.11 Å². The fourth-order valence-electron chi connectivity index (χ4n) is 3.25. The second kappa shape index (κ2) is 22.7. The van der Waals surface area contributed by atoms with Gasteiger partial charge in [0.15, 0.2) is 8.68 Å². The van der Waals surface area contributed by atoms with Crippen LogP contribution in [-0.4, -0.2) is 32.8 Å². The zero-order valence-corrected chi connectivity index (χ0v) is 22.4. The van der Waals surface area contributed by atoms with E-state index in [9.17, 15) is 4.79 Å². The maximum Gasteiger partial charge on any atom is 0.313 e. The van der Waals surface area contributed by atoms with Crippen LogP contribution in [0.25, 0.3) is 0 Å². The number of aromatic nitrogens is 2. The van der Waals surface area contributed by atoms with Crippen LogP contribution in [0.5, 0.6) is 0 Å². The summed E-state index contributed by atoms with van der Waals surface area (Å²) < 4.78 is 1.71. The molecular weight excluding hydrogens is 528 g/mol. The van der Waals surface area contributed by atoms with Crippen LogP contribution >= 0.6 is 34.9 Å². The molecule has 1 aromatic heterocycles. The van der Waals surface area contributed by atoms with Crippen molar-refractivity contribution < 1.29 is 32.3 Å². The largest absolute Gasteiger partial charge is 0.481 e. The maximum atomic E-state index is 10.6. The minimum absolute atomic E-state index is 0. The molecule has 1 heterocycles. The topological polar surface area (TPSA) is 63.1 Å². The molecule has 179 valence electrons. The van der Waals surface area contributed by atoms with Gasteiger partial charge in [-0.25, -0.2) is 0 Å². The van der Waals surface area contributed by atoms with Gasteiger partial charge in [-0.2, -0.15) is 0 Å². The van der Waals surface area contributed by atoms with E-state index >= 15 is 0 Å². The Kier molecular flexibility index (Phi) is 23.0. The van der Waals surface area contributed by atoms with Crippen LogP contribution in [-0.2, 0) is 27.2 Å². The molecule has 1 N–H and O–H groups in total. The van der Waals surface area contributed by atoms with Gasteiger partial charge in [-0.05, 0) is 6.42 Å². The molecule has 1 aromatic rings. The monoisotopic (exact) mass is 567 g/mol. The number of nitrogens with zero attached hydrogens (tertiary/aromatic N) is 2. The summed E-state index contributed by atoms with van der Waals surface area (Å²) in [6.45, 7) is 2.28. The standard InChI is InChI=1S/C22H40N2O2S3.Ag/c1-2-3-4-5-6-7-8-9-10-11-12-13-14-15-16-17-18-27-21-23-24-22(29-21)28-19-20(25)26;/h2-19H2,1H3,(H,25,26);. The zero-order valence-electron chi connectivity index (χ0n) is 18.5. The first-order valence-corrected chi connectivity index (χ1v) is 14.3. The second-order valence-corrected chi connectivity index (χ2v) is 11.2. The van der Waals surface area contributed by atoms with Gasteiger partial charge in [0.2, 0.25) is 0 Å². The van der Waals surface area contributed by atoms with E-state index in [0.29, 0.717) is 0 Å². The number of aliphatic carboxylic acids is 1. The van der Waals surface area contributed by atoms with Gasteiger partial charge in [-0.15, -0.1) is 10.2 Å². The molecule has 30 heavy (non-hydrogen) atoms. The fraction of sp³-hybridized carbons (Fsp3) is 0.864. The molecule has 0 saturated heterocycles. The summed E-state index contributed by atoms with van der Waals surface area (Å²) >= 11 is 4.50. The number of unbranched alkanes of at least 4 members (excludes halogenated alkanes) is 15. The number of thioether (sulfide) groups is 2. The maximum absolute atomic E-state index is 10.6. The summed E-state index contributed by atoms with van der Waals surface area (Å²) in [6.07, 6.45) is 22.3. The molecule has 0 aliphatic heterocycles. The Labute approximate surface area is 212 Å². The molecule has 8 heteroatoms. The molecule has 0 spiro atoms. The van der Waals surface area contributed by atoms with Crippen LogP contribution in [0.4, 0.5) is 0 Å². The first-order chi connectivity index (χ1) is 14.2. The van der Waals surface area contributed by atoms with E-state index in [-0.39, 0.29) is 28.1 Å². The predicted octanol–water partition coefficient (Wildman–Crippen LogP) is 8.07. The molecule has 0 amide bonds. The summed E-state index contributed by atoms with van der Waals surface area (Å²) in [5, 5.41) is 16.8. The number of hydrogen-bond acceptors (Lipinski definition) is 6. The Hall–Kier alpha value is 0.470. The molecular formula is C22H40AgN2O2S3. The number of hydrogen-bond donors (Lipinski definition) is 1. The fourth-order valence-corrected chi connectivity index (χ4v) is 6.06. The van der Waals surface area contributed by atoms with Gasteiger partial charge in [0.25, 0.3) is 0 Å². The third kappa shape index (κ3) is 19.2. The van der Waals surface area contributed by atoms with Crippen LogP contribution in [0.1, 0.15) is 110 Å². The Morgan fingerprint density at radius 2 is 1.13 bits per heavy atom. The predicted molar refractivity (Wildman–Crippen MR) is 129 cm³/mol. The minimum Gasteiger partial charge on any atom is -0.481 e. The van der Waals surface area contributed by atoms with Gasteiger partial charge in [0.1, 0.15) is 0 Å². The number of carboxylic acids is 1. The summed E-state index contributed by atoms with van der Waals surface area (Å²) in [6, 6.07) is 0. The van der Waals surface area contributed by atoms with Crippen molar-refractivity contribution in [3.05, 3.63) is 0 Å². The molecule has 1 radical (unpaired) electrons. The van der Waals surface area contributed by atoms with Crippen molar-refractivity contribution in [3.8, 4) is 0 Å². The second-order valence-electron chi connectivity index (χ2n) is 7.67. The third-order valence-electron chi connectivity index (χ3n) is 4.93. The van der Waals surface area contributed by atoms with Gasteiger partial charge in [-0.1, -0.05) is 138 Å². The van der Waals surface area contributed by atoms with Crippen molar-refractivity contribution in [2.24, 2.45) is 0 Å². The molecule has 0 aliphatic carbocycles. The van der Waals surface area contributed by atoms with Crippen LogP contribution in [0.3, 0.4) is 0 Å². The van der Waals surface area contributed by atoms with Crippen LogP contribution in [0.15, 0.2) is 8.68 Å². The average molecular weight is 569 g/mol. The smallest absolute Gasteiger partial charge is 0.313 e. The number of carboxylic acid groups (broad SMARTS) is 1. The van der Waals surface area contributed by atoms with E-state index in [1.165, 1.54) is 126 Å². The van der Waals surface area contributed by atoms with E-state index in [1.54, 1.807) is 11.8 Å². The van der Waals surface area contributed by atoms with Crippen LogP contribution in [0, 0.1) is 0 Å². The molecule has 0 aromatic carbocycles. The Morgan fingerprint density at radius 1 is 0.733 bits per heavy atom. The SMILES string of the molecule is CCCCCCCCCCCCCCCCCCSc1nnc(SCC(=O)O)s1.[Ag]. The first kappa shape index (κ1) is 30.5. The summed E-state index contributed by atoms with van der Waals surface area (Å²) in [7, 11) is 0. The van der Waals surface area contributed by atoms with Crippen molar-refractivity contribution in [2.45, 2.75) is 118 Å². The van der Waals surface area contributed by atoms with E-state index in [2.05, 4.69) is 17.1 Å². The summed E-state index contributed by atoms with van der Waals surface area (Å²) in [5.41, 5.74) is 0. The van der Waals surface area contributed by atoms with E-state index < -0.39 is 5.97 Å². The van der Waals surface area contributed by atoms with Crippen molar-refractivity contribution in [1.29, 1.82) is 0 Å². The van der Waals surface area contributed by atoms with Crippen molar-refractivity contribution in [1.82, 2.24) is 10.2 Å². The third-order valence-corrected chi connectivity index (χ3v) is 8.19. The molecule has 0 saturated carbocycles. The van der Waals surface area contributed by atoms with E-state index in [0.717, 1.165) is 14.4 Å². The van der Waals surface area contributed by atoms with Gasteiger partial charge < -0.3 is 5.11 Å². The molecule has 0 aliphatic rings. The van der Waals surface area contributed by atoms with Gasteiger partial charge in [-0.3, -0.25) is 4.79 Å². The van der Waals surface area contributed by atoms with Crippen LogP contribution < -0.4 is 0 Å². The molecule has 1 rings (SSSR count). The van der Waals surface area contributed by atoms with Gasteiger partial charge >= 0.3 is 5.97 Å². The van der Waals surface area contributed by atoms with Crippen molar-refractivity contribution in [3.63, 3.8) is 0 Å². The Balaban J connectivity index is 0.00000841. The zero-order chi connectivity index (χ0) is 21.0. The molecule has 0 unspecified atom stereocenters. The van der Waals surface area contributed by atoms with Gasteiger partial charge in [0.05, 0.1) is 5.75 Å². The number of carbonyl (C=O) groups is 1. The normalized spacial score (nSPS) is 10.8.